The normalized spacial score (nSPS) is 25.3. The molecule has 0 aromatic heterocycles. The molecule has 0 saturated heterocycles. The summed E-state index contributed by atoms with van der Waals surface area (Å²) in [5.41, 5.74) is 3.36. The monoisotopic (exact) mass is 586 g/mol. The van der Waals surface area contributed by atoms with E-state index in [0.29, 0.717) is 29.8 Å². The second-order valence-electron chi connectivity index (χ2n) is 11.5. The Labute approximate surface area is 243 Å². The van der Waals surface area contributed by atoms with Crippen LogP contribution in [0.4, 0.5) is 5.69 Å². The number of ether oxygens (including phenoxy) is 1. The molecule has 1 aromatic carbocycles. The van der Waals surface area contributed by atoms with Gasteiger partial charge in [0.25, 0.3) is 5.91 Å². The Kier molecular flexibility index (Phi) is 8.40. The summed E-state index contributed by atoms with van der Waals surface area (Å²) < 4.78 is 4.64. The van der Waals surface area contributed by atoms with Crippen molar-refractivity contribution in [3.63, 3.8) is 0 Å². The van der Waals surface area contributed by atoms with E-state index >= 15 is 0 Å². The van der Waals surface area contributed by atoms with E-state index in [9.17, 15) is 39.6 Å². The minimum Gasteiger partial charge on any atom is -0.508 e. The first kappa shape index (κ1) is 31.0. The predicted molar refractivity (Wildman–Crippen MR) is 152 cm³/mol. The molecule has 13 nitrogen and oxygen atoms in total. The van der Waals surface area contributed by atoms with Gasteiger partial charge in [0.2, 0.25) is 5.78 Å². The number of phenols is 1. The molecule has 13 heteroatoms. The second kappa shape index (κ2) is 11.4. The summed E-state index contributed by atoms with van der Waals surface area (Å²) in [6.07, 6.45) is 0.943. The van der Waals surface area contributed by atoms with Crippen LogP contribution in [0.15, 0.2) is 23.0 Å². The fraction of sp³-hybridized carbons (Fsp3) is 0.517. The van der Waals surface area contributed by atoms with E-state index in [1.807, 2.05) is 4.90 Å². The Hall–Kier alpha value is -3.94. The molecular formula is C29H38N4O9. The highest BCUT2D eigenvalue weighted by atomic mass is 16.5. The lowest BCUT2D eigenvalue weighted by Gasteiger charge is -2.50. The summed E-state index contributed by atoms with van der Waals surface area (Å²) in [5, 5.41) is 48.8. The predicted octanol–water partition coefficient (Wildman–Crippen LogP) is 0.0728. The smallest absolute Gasteiger partial charge is 0.305 e. The lowest BCUT2D eigenvalue weighted by atomic mass is 9.57. The van der Waals surface area contributed by atoms with Crippen molar-refractivity contribution in [1.29, 1.82) is 0 Å². The van der Waals surface area contributed by atoms with Crippen LogP contribution in [0.25, 0.3) is 5.76 Å². The zero-order valence-electron chi connectivity index (χ0n) is 24.4. The Morgan fingerprint density at radius 1 is 1.17 bits per heavy atom. The lowest BCUT2D eigenvalue weighted by Crippen LogP contribution is -2.65. The summed E-state index contributed by atoms with van der Waals surface area (Å²) in [7, 11) is 8.03. The Morgan fingerprint density at radius 3 is 2.40 bits per heavy atom. The molecule has 7 N–H and O–H groups in total. The van der Waals surface area contributed by atoms with Crippen molar-refractivity contribution >= 4 is 34.9 Å². The highest BCUT2D eigenvalue weighted by molar-refractivity contribution is 6.24. The van der Waals surface area contributed by atoms with Crippen LogP contribution in [-0.2, 0) is 36.9 Å². The summed E-state index contributed by atoms with van der Waals surface area (Å²) in [4.78, 5) is 54.1. The number of rotatable bonds is 9. The molecule has 0 spiro atoms. The third kappa shape index (κ3) is 4.80. The van der Waals surface area contributed by atoms with Crippen LogP contribution in [0.1, 0.15) is 36.0 Å². The van der Waals surface area contributed by atoms with Gasteiger partial charge >= 0.3 is 5.97 Å². The summed E-state index contributed by atoms with van der Waals surface area (Å²) in [6.45, 7) is 0.635. The number of carbonyl (C=O) groups is 4. The van der Waals surface area contributed by atoms with Crippen LogP contribution in [0.3, 0.4) is 0 Å². The number of fused-ring (bicyclic) bond motifs is 3. The topological polar surface area (TPSA) is 203 Å². The SMILES string of the molecule is COC(=O)CCCNCc1cc(N(C)C)c2c(c1O)C(O)=C1C(=O)C3(O)C(O)=C(C(N)=O)C(=O)[C@@H](N(C)C)[C@@H]3C[C@@H]1C2. The maximum Gasteiger partial charge on any atom is 0.305 e. The quantitative estimate of drug-likeness (QED) is 0.129. The molecule has 228 valence electrons. The molecular weight excluding hydrogens is 548 g/mol. The van der Waals surface area contributed by atoms with Gasteiger partial charge in [0, 0.05) is 49.8 Å². The molecule has 1 unspecified atom stereocenters. The van der Waals surface area contributed by atoms with Crippen LogP contribution in [0.2, 0.25) is 0 Å². The number of benzene rings is 1. The van der Waals surface area contributed by atoms with Crippen molar-refractivity contribution in [3.05, 3.63) is 39.7 Å². The van der Waals surface area contributed by atoms with Crippen LogP contribution >= 0.6 is 0 Å². The molecule has 1 aromatic rings. The fourth-order valence-electron chi connectivity index (χ4n) is 6.56. The molecule has 0 radical (unpaired) electrons. The molecule has 0 aliphatic heterocycles. The molecule has 4 rings (SSSR count). The van der Waals surface area contributed by atoms with Gasteiger partial charge in [-0.05, 0) is 57.5 Å². The number of carbonyl (C=O) groups excluding carboxylic acids is 4. The van der Waals surface area contributed by atoms with Crippen molar-refractivity contribution in [1.82, 2.24) is 10.2 Å². The maximum absolute atomic E-state index is 14.0. The van der Waals surface area contributed by atoms with Gasteiger partial charge in [0.1, 0.15) is 22.8 Å². The standard InChI is InChI=1S/C29H38N4O9/c1-32(2)17-11-14(12-31-8-6-7-18(34)42-5)23(35)20-15(17)9-13-10-16-22(33(3)4)25(37)21(28(30)40)27(39)29(16,41)26(38)19(13)24(20)36/h11,13,16,22,31,35-36,39,41H,6-10,12H2,1-5H3,(H2,30,40)/t13-,16-,22-,29?/m0/s1. The largest absolute Gasteiger partial charge is 0.508 e. The van der Waals surface area contributed by atoms with E-state index in [0.717, 1.165) is 0 Å². The maximum atomic E-state index is 14.0. The first-order valence-corrected chi connectivity index (χ1v) is 13.7. The van der Waals surface area contributed by atoms with Crippen LogP contribution in [-0.4, -0.2) is 102 Å². The van der Waals surface area contributed by atoms with Gasteiger partial charge in [-0.15, -0.1) is 0 Å². The third-order valence-corrected chi connectivity index (χ3v) is 8.54. The van der Waals surface area contributed by atoms with Gasteiger partial charge in [-0.1, -0.05) is 0 Å². The van der Waals surface area contributed by atoms with Gasteiger partial charge < -0.3 is 41.1 Å². The van der Waals surface area contributed by atoms with E-state index in [2.05, 4.69) is 10.1 Å². The van der Waals surface area contributed by atoms with Gasteiger partial charge in [-0.3, -0.25) is 24.1 Å². The molecule has 0 heterocycles. The Balaban J connectivity index is 1.81. The molecule has 3 aliphatic rings. The number of Topliss-reactive ketones (excluding diaryl/α,β-unsaturated/α-hetero) is 2. The van der Waals surface area contributed by atoms with Crippen molar-refractivity contribution < 1.29 is 44.3 Å². The van der Waals surface area contributed by atoms with E-state index < -0.39 is 58.0 Å². The average molecular weight is 587 g/mol. The number of phenolic OH excluding ortho intramolecular Hbond substituents is 1. The van der Waals surface area contributed by atoms with Crippen LogP contribution < -0.4 is 16.0 Å². The number of hydrogen-bond donors (Lipinski definition) is 6. The number of amides is 1. The molecule has 4 atom stereocenters. The molecule has 3 aliphatic carbocycles. The number of esters is 1. The number of anilines is 1. The number of ketones is 2. The minimum atomic E-state index is -2.69. The number of hydrogen-bond acceptors (Lipinski definition) is 12. The molecule has 0 bridgehead atoms. The average Bonchev–Trinajstić information content (AvgIpc) is 2.90. The first-order chi connectivity index (χ1) is 19.7. The van der Waals surface area contributed by atoms with Crippen molar-refractivity contribution in [3.8, 4) is 5.75 Å². The molecule has 1 amide bonds. The number of likely N-dealkylation sites (N-methyl/N-ethyl adjacent to an activating group) is 1. The number of primary amides is 1. The second-order valence-corrected chi connectivity index (χ2v) is 11.5. The Morgan fingerprint density at radius 2 is 1.83 bits per heavy atom. The van der Waals surface area contributed by atoms with Crippen molar-refractivity contribution in [2.75, 3.05) is 46.7 Å². The van der Waals surface area contributed by atoms with Gasteiger partial charge in [-0.2, -0.15) is 0 Å². The van der Waals surface area contributed by atoms with Gasteiger partial charge in [0.15, 0.2) is 11.4 Å². The van der Waals surface area contributed by atoms with E-state index in [1.54, 1.807) is 34.3 Å². The lowest BCUT2D eigenvalue weighted by molar-refractivity contribution is -0.153. The fourth-order valence-corrected chi connectivity index (χ4v) is 6.56. The first-order valence-electron chi connectivity index (χ1n) is 13.7. The van der Waals surface area contributed by atoms with Crippen molar-refractivity contribution in [2.45, 2.75) is 43.9 Å². The number of methoxy groups -OCH3 is 1. The number of aromatic hydroxyl groups is 1. The zero-order valence-corrected chi connectivity index (χ0v) is 24.4. The minimum absolute atomic E-state index is 0.0168. The summed E-state index contributed by atoms with van der Waals surface area (Å²) >= 11 is 0. The van der Waals surface area contributed by atoms with Crippen LogP contribution in [0.5, 0.6) is 5.75 Å². The number of aliphatic hydroxyl groups is 3. The third-order valence-electron chi connectivity index (χ3n) is 8.54. The van der Waals surface area contributed by atoms with E-state index in [-0.39, 0.29) is 48.7 Å². The van der Waals surface area contributed by atoms with E-state index in [1.165, 1.54) is 12.0 Å². The number of nitrogens with zero attached hydrogens (tertiary/aromatic N) is 2. The zero-order chi connectivity index (χ0) is 31.3. The molecule has 1 fully saturated rings. The number of nitrogens with two attached hydrogens (primary N) is 1. The summed E-state index contributed by atoms with van der Waals surface area (Å²) in [5.74, 6) is -7.19. The molecule has 1 saturated carbocycles. The van der Waals surface area contributed by atoms with Crippen molar-refractivity contribution in [2.24, 2.45) is 17.6 Å². The van der Waals surface area contributed by atoms with E-state index in [4.69, 9.17) is 5.73 Å². The van der Waals surface area contributed by atoms with Gasteiger partial charge in [-0.25, -0.2) is 0 Å². The van der Waals surface area contributed by atoms with Gasteiger partial charge in [0.05, 0.1) is 18.7 Å². The molecule has 42 heavy (non-hydrogen) atoms. The number of nitrogens with one attached hydrogen (secondary N) is 1. The number of aliphatic hydroxyl groups excluding tert-OH is 2. The van der Waals surface area contributed by atoms with Crippen LogP contribution in [0, 0.1) is 11.8 Å². The highest BCUT2D eigenvalue weighted by Crippen LogP contribution is 2.54. The summed E-state index contributed by atoms with van der Waals surface area (Å²) in [6, 6.07) is 0.637. The highest BCUT2D eigenvalue weighted by Gasteiger charge is 2.64. The Bertz CT molecular complexity index is 1410.